The number of rotatable bonds is 5. The Morgan fingerprint density at radius 2 is 1.67 bits per heavy atom. The molecule has 140 valence electrons. The molecule has 1 fully saturated rings. The summed E-state index contributed by atoms with van der Waals surface area (Å²) in [5.41, 5.74) is 1.56. The summed E-state index contributed by atoms with van der Waals surface area (Å²) in [5, 5.41) is 5.82. The molecule has 0 spiro atoms. The average molecular weight is 366 g/mol. The van der Waals surface area contributed by atoms with E-state index < -0.39 is 12.2 Å². The summed E-state index contributed by atoms with van der Waals surface area (Å²) in [7, 11) is 0. The third-order valence-corrected chi connectivity index (χ3v) is 4.63. The lowest BCUT2D eigenvalue weighted by Gasteiger charge is -2.31. The summed E-state index contributed by atoms with van der Waals surface area (Å²) < 4.78 is 11.6. The topological polar surface area (TPSA) is 76.7 Å². The van der Waals surface area contributed by atoms with E-state index in [0.29, 0.717) is 29.6 Å². The van der Waals surface area contributed by atoms with Crippen LogP contribution in [0, 0.1) is 0 Å². The molecule has 0 unspecified atom stereocenters. The van der Waals surface area contributed by atoms with Crippen LogP contribution in [0.15, 0.2) is 48.5 Å². The minimum Gasteiger partial charge on any atom is -0.482 e. The van der Waals surface area contributed by atoms with E-state index in [2.05, 4.69) is 10.6 Å². The van der Waals surface area contributed by atoms with Gasteiger partial charge in [-0.25, -0.2) is 0 Å². The molecule has 1 heterocycles. The van der Waals surface area contributed by atoms with Crippen molar-refractivity contribution in [3.05, 3.63) is 54.1 Å². The molecule has 2 aromatic rings. The largest absolute Gasteiger partial charge is 0.482 e. The number of fused-ring (bicyclic) bond motifs is 1. The third kappa shape index (κ3) is 4.22. The van der Waals surface area contributed by atoms with E-state index >= 15 is 0 Å². The van der Waals surface area contributed by atoms with Crippen molar-refractivity contribution in [3.63, 3.8) is 0 Å². The van der Waals surface area contributed by atoms with Crippen molar-refractivity contribution in [2.75, 3.05) is 5.32 Å². The van der Waals surface area contributed by atoms with Crippen molar-refractivity contribution in [2.24, 2.45) is 0 Å². The number of ether oxygens (including phenoxy) is 2. The fraction of sp³-hybridized carbons (Fsp3) is 0.333. The van der Waals surface area contributed by atoms with Gasteiger partial charge in [0.2, 0.25) is 12.0 Å². The maximum absolute atomic E-state index is 12.6. The summed E-state index contributed by atoms with van der Waals surface area (Å²) in [6, 6.07) is 14.9. The second kappa shape index (κ2) is 7.31. The van der Waals surface area contributed by atoms with Gasteiger partial charge in [-0.05, 0) is 49.6 Å². The fourth-order valence-electron chi connectivity index (χ4n) is 3.02. The van der Waals surface area contributed by atoms with Crippen molar-refractivity contribution < 1.29 is 19.1 Å². The minimum absolute atomic E-state index is 0.0366. The third-order valence-electron chi connectivity index (χ3n) is 4.63. The Morgan fingerprint density at radius 1 is 1.00 bits per heavy atom. The number of hydrogen-bond donors (Lipinski definition) is 2. The Labute approximate surface area is 157 Å². The summed E-state index contributed by atoms with van der Waals surface area (Å²) in [4.78, 5) is 24.5. The van der Waals surface area contributed by atoms with E-state index in [1.807, 2.05) is 37.3 Å². The van der Waals surface area contributed by atoms with Gasteiger partial charge in [0.1, 0.15) is 6.10 Å². The number of carbonyl (C=O) groups excluding carboxylic acids is 2. The van der Waals surface area contributed by atoms with E-state index in [9.17, 15) is 9.59 Å². The van der Waals surface area contributed by atoms with Crippen LogP contribution in [0.2, 0.25) is 0 Å². The average Bonchev–Trinajstić information content (AvgIpc) is 3.46. The Bertz CT molecular complexity index is 846. The second-order valence-electron chi connectivity index (χ2n) is 7.01. The van der Waals surface area contributed by atoms with Crippen molar-refractivity contribution in [2.45, 2.75) is 44.4 Å². The molecule has 6 heteroatoms. The van der Waals surface area contributed by atoms with E-state index in [4.69, 9.17) is 9.47 Å². The zero-order valence-corrected chi connectivity index (χ0v) is 15.1. The number of hydrogen-bond acceptors (Lipinski definition) is 4. The van der Waals surface area contributed by atoms with Gasteiger partial charge in [-0.15, -0.1) is 0 Å². The summed E-state index contributed by atoms with van der Waals surface area (Å²) in [6.07, 6.45) is 1.37. The lowest BCUT2D eigenvalue weighted by atomic mass is 10.1. The van der Waals surface area contributed by atoms with Gasteiger partial charge in [-0.2, -0.15) is 0 Å². The minimum atomic E-state index is -0.733. The normalized spacial score (nSPS) is 20.6. The van der Waals surface area contributed by atoms with Gasteiger partial charge >= 0.3 is 0 Å². The van der Waals surface area contributed by atoms with Gasteiger partial charge in [0.15, 0.2) is 11.5 Å². The molecule has 1 aliphatic carbocycles. The monoisotopic (exact) mass is 366 g/mol. The molecule has 2 aromatic carbocycles. The summed E-state index contributed by atoms with van der Waals surface area (Å²) in [5.74, 6) is 0.974. The van der Waals surface area contributed by atoms with Crippen LogP contribution in [0.5, 0.6) is 11.5 Å². The van der Waals surface area contributed by atoms with Crippen molar-refractivity contribution in [1.82, 2.24) is 5.32 Å². The first kappa shape index (κ1) is 17.4. The van der Waals surface area contributed by atoms with Crippen LogP contribution in [-0.4, -0.2) is 30.1 Å². The number of anilines is 1. The standard InChI is InChI=1S/C21H22N2O4/c1-13-20(27-18-5-3-2-4-17(18)26-13)21(25)23-16-8-6-14(7-9-16)12-19(24)22-15-10-11-15/h2-9,13,15,20H,10-12H2,1H3,(H,22,24)(H,23,25)/t13-,20+/m1/s1. The molecule has 2 aliphatic rings. The zero-order chi connectivity index (χ0) is 18.8. The van der Waals surface area contributed by atoms with Crippen molar-refractivity contribution >= 4 is 17.5 Å². The highest BCUT2D eigenvalue weighted by atomic mass is 16.6. The number of para-hydroxylation sites is 2. The molecule has 2 atom stereocenters. The highest BCUT2D eigenvalue weighted by Gasteiger charge is 2.34. The molecule has 0 saturated heterocycles. The highest BCUT2D eigenvalue weighted by Crippen LogP contribution is 2.33. The van der Waals surface area contributed by atoms with Crippen LogP contribution in [-0.2, 0) is 16.0 Å². The summed E-state index contributed by atoms with van der Waals surface area (Å²) in [6.45, 7) is 1.81. The molecule has 4 rings (SSSR count). The van der Waals surface area contributed by atoms with Gasteiger partial charge in [0.25, 0.3) is 5.91 Å². The quantitative estimate of drug-likeness (QED) is 0.853. The maximum atomic E-state index is 12.6. The molecule has 1 aliphatic heterocycles. The first-order valence-electron chi connectivity index (χ1n) is 9.20. The molecular formula is C21H22N2O4. The van der Waals surface area contributed by atoms with Crippen LogP contribution in [0.25, 0.3) is 0 Å². The highest BCUT2D eigenvalue weighted by molar-refractivity contribution is 5.95. The van der Waals surface area contributed by atoms with Gasteiger partial charge in [-0.1, -0.05) is 24.3 Å². The van der Waals surface area contributed by atoms with Gasteiger partial charge in [0, 0.05) is 11.7 Å². The molecule has 2 amide bonds. The SMILES string of the molecule is C[C@H]1Oc2ccccc2O[C@@H]1C(=O)Nc1ccc(CC(=O)NC2CC2)cc1. The van der Waals surface area contributed by atoms with Crippen LogP contribution < -0.4 is 20.1 Å². The Hall–Kier alpha value is -3.02. The predicted molar refractivity (Wildman–Crippen MR) is 101 cm³/mol. The molecule has 6 nitrogen and oxygen atoms in total. The first-order chi connectivity index (χ1) is 13.1. The first-order valence-corrected chi connectivity index (χ1v) is 9.20. The van der Waals surface area contributed by atoms with Crippen molar-refractivity contribution in [3.8, 4) is 11.5 Å². The number of amides is 2. The van der Waals surface area contributed by atoms with E-state index in [-0.39, 0.29) is 11.8 Å². The predicted octanol–water partition coefficient (Wildman–Crippen LogP) is 2.67. The Balaban J connectivity index is 1.35. The maximum Gasteiger partial charge on any atom is 0.269 e. The van der Waals surface area contributed by atoms with E-state index in [0.717, 1.165) is 18.4 Å². The molecule has 1 saturated carbocycles. The lowest BCUT2D eigenvalue weighted by Crippen LogP contribution is -2.46. The Morgan fingerprint density at radius 3 is 2.33 bits per heavy atom. The molecular weight excluding hydrogens is 344 g/mol. The molecule has 0 bridgehead atoms. The van der Waals surface area contributed by atoms with E-state index in [1.165, 1.54) is 0 Å². The van der Waals surface area contributed by atoms with Crippen LogP contribution >= 0.6 is 0 Å². The smallest absolute Gasteiger partial charge is 0.269 e. The van der Waals surface area contributed by atoms with Gasteiger partial charge in [-0.3, -0.25) is 9.59 Å². The zero-order valence-electron chi connectivity index (χ0n) is 15.1. The molecule has 0 aromatic heterocycles. The summed E-state index contributed by atoms with van der Waals surface area (Å²) >= 11 is 0. The second-order valence-corrected chi connectivity index (χ2v) is 7.01. The molecule has 0 radical (unpaired) electrons. The fourth-order valence-corrected chi connectivity index (χ4v) is 3.02. The van der Waals surface area contributed by atoms with Crippen LogP contribution in [0.1, 0.15) is 25.3 Å². The van der Waals surface area contributed by atoms with Gasteiger partial charge in [0.05, 0.1) is 6.42 Å². The van der Waals surface area contributed by atoms with Crippen LogP contribution in [0.3, 0.4) is 0 Å². The van der Waals surface area contributed by atoms with Crippen LogP contribution in [0.4, 0.5) is 5.69 Å². The molecule has 27 heavy (non-hydrogen) atoms. The number of carbonyl (C=O) groups is 2. The van der Waals surface area contributed by atoms with Gasteiger partial charge < -0.3 is 20.1 Å². The lowest BCUT2D eigenvalue weighted by molar-refractivity contribution is -0.128. The van der Waals surface area contributed by atoms with E-state index in [1.54, 1.807) is 18.2 Å². The Kier molecular flexibility index (Phi) is 4.71. The number of benzene rings is 2. The van der Waals surface area contributed by atoms with Crippen molar-refractivity contribution in [1.29, 1.82) is 0 Å². The molecule has 2 N–H and O–H groups in total. The number of nitrogens with one attached hydrogen (secondary N) is 2.